The molecular weight excluding hydrogens is 603 g/mol. The number of aromatic nitrogens is 2. The van der Waals surface area contributed by atoms with E-state index in [1.807, 2.05) is 6.07 Å². The van der Waals surface area contributed by atoms with E-state index >= 15 is 0 Å². The number of hydrogen-bond acceptors (Lipinski definition) is 3. The monoisotopic (exact) mass is 629 g/mol. The minimum absolute atomic E-state index is 0.414. The molecule has 8 aromatic rings. The third-order valence-corrected chi connectivity index (χ3v) is 9.53. The third kappa shape index (κ3) is 4.70. The summed E-state index contributed by atoms with van der Waals surface area (Å²) < 4.78 is 6.07. The van der Waals surface area contributed by atoms with E-state index in [9.17, 15) is 4.79 Å². The highest BCUT2D eigenvalue weighted by Gasteiger charge is 2.14. The highest BCUT2D eigenvalue weighted by Crippen LogP contribution is 2.35. The summed E-state index contributed by atoms with van der Waals surface area (Å²) in [4.78, 5) is 12.3. The Morgan fingerprint density at radius 2 is 1.00 bits per heavy atom. The highest BCUT2D eigenvalue weighted by atomic mass is 32.2. The number of primary amides is 1. The Morgan fingerprint density at radius 3 is 1.46 bits per heavy atom. The van der Waals surface area contributed by atoms with Crippen molar-refractivity contribution < 1.29 is 4.79 Å². The molecule has 8 rings (SSSR count). The molecule has 0 aliphatic heterocycles. The van der Waals surface area contributed by atoms with Crippen LogP contribution in [0.1, 0.15) is 5.56 Å². The molecule has 46 heavy (non-hydrogen) atoms. The third-order valence-electron chi connectivity index (χ3n) is 8.58. The van der Waals surface area contributed by atoms with Crippen LogP contribution in [0.25, 0.3) is 72.2 Å². The number of amides is 1. The quantitative estimate of drug-likeness (QED) is 0.141. The fraction of sp³-hybridized carbons (Fsp3) is 0. The number of thiocarbonyl (C=S) groups is 1. The van der Waals surface area contributed by atoms with E-state index in [0.717, 1.165) is 61.6 Å². The number of rotatable bonds is 7. The summed E-state index contributed by atoms with van der Waals surface area (Å²) in [5, 5.41) is 4.76. The predicted octanol–water partition coefficient (Wildman–Crippen LogP) is 10.1. The van der Waals surface area contributed by atoms with Gasteiger partial charge < -0.3 is 14.9 Å². The van der Waals surface area contributed by atoms with Gasteiger partial charge in [-0.1, -0.05) is 109 Å². The van der Waals surface area contributed by atoms with Gasteiger partial charge in [0.15, 0.2) is 0 Å². The fourth-order valence-electron chi connectivity index (χ4n) is 6.53. The Morgan fingerprint density at radius 1 is 0.565 bits per heavy atom. The van der Waals surface area contributed by atoms with Crippen molar-refractivity contribution >= 4 is 84.3 Å². The molecule has 2 heterocycles. The molecule has 0 atom stereocenters. The van der Waals surface area contributed by atoms with Crippen LogP contribution < -0.4 is 5.73 Å². The van der Waals surface area contributed by atoms with Crippen molar-refractivity contribution in [3.05, 3.63) is 150 Å². The molecule has 1 amide bonds. The standard InChI is InChI=1S/C40H27N3OS2/c41-40(44)39(46-25-45)24-26-13-22-38-34(23-26)33-9-3-6-12-37(33)43(38)30-20-16-28(17-21-30)27-14-18-29(19-15-27)42-35-10-4-1-7-31(35)32-8-2-5-11-36(32)42/h1-25H,(H2,41,44)/b39-24-. The molecule has 0 saturated carbocycles. The van der Waals surface area contributed by atoms with Crippen LogP contribution in [0.2, 0.25) is 0 Å². The molecule has 6 aromatic carbocycles. The Labute approximate surface area is 275 Å². The number of nitrogens with zero attached hydrogens (tertiary/aromatic N) is 2. The van der Waals surface area contributed by atoms with Crippen molar-refractivity contribution in [1.29, 1.82) is 0 Å². The van der Waals surface area contributed by atoms with Crippen molar-refractivity contribution in [2.75, 3.05) is 0 Å². The normalized spacial score (nSPS) is 12.0. The van der Waals surface area contributed by atoms with Gasteiger partial charge in [-0.2, -0.15) is 0 Å². The maximum absolute atomic E-state index is 11.9. The van der Waals surface area contributed by atoms with Crippen molar-refractivity contribution in [1.82, 2.24) is 9.13 Å². The maximum Gasteiger partial charge on any atom is 0.255 e. The zero-order valence-corrected chi connectivity index (χ0v) is 26.3. The minimum atomic E-state index is -0.491. The Hall–Kier alpha value is -5.43. The molecular formula is C40H27N3OS2. The number of para-hydroxylation sites is 3. The number of benzene rings is 6. The number of thioether (sulfide) groups is 1. The molecule has 0 spiro atoms. The average Bonchev–Trinajstić information content (AvgIpc) is 3.61. The van der Waals surface area contributed by atoms with E-state index in [2.05, 4.69) is 143 Å². The van der Waals surface area contributed by atoms with E-state index in [1.54, 1.807) is 6.08 Å². The van der Waals surface area contributed by atoms with E-state index < -0.39 is 5.91 Å². The van der Waals surface area contributed by atoms with Gasteiger partial charge in [0.25, 0.3) is 5.91 Å². The summed E-state index contributed by atoms with van der Waals surface area (Å²) in [6.07, 6.45) is 1.79. The number of carbonyl (C=O) groups is 1. The van der Waals surface area contributed by atoms with Gasteiger partial charge in [0.05, 0.1) is 27.0 Å². The second-order valence-corrected chi connectivity index (χ2v) is 12.6. The minimum Gasteiger partial charge on any atom is -0.365 e. The first-order chi connectivity index (χ1) is 22.6. The van der Waals surface area contributed by atoms with E-state index in [1.165, 1.54) is 26.5 Å². The molecule has 6 heteroatoms. The van der Waals surface area contributed by atoms with Crippen LogP contribution in [-0.4, -0.2) is 19.7 Å². The van der Waals surface area contributed by atoms with Crippen LogP contribution >= 0.6 is 24.0 Å². The number of hydrogen-bond donors (Lipinski definition) is 1. The van der Waals surface area contributed by atoms with Crippen LogP contribution in [0, 0.1) is 0 Å². The van der Waals surface area contributed by atoms with Crippen LogP contribution in [0.3, 0.4) is 0 Å². The Bertz CT molecular complexity index is 2430. The molecule has 0 bridgehead atoms. The van der Waals surface area contributed by atoms with Gasteiger partial charge >= 0.3 is 0 Å². The van der Waals surface area contributed by atoms with Crippen LogP contribution in [0.15, 0.2) is 144 Å². The van der Waals surface area contributed by atoms with Gasteiger partial charge in [-0.3, -0.25) is 4.79 Å². The Balaban J connectivity index is 1.16. The molecule has 0 aliphatic carbocycles. The van der Waals surface area contributed by atoms with Gasteiger partial charge in [0.1, 0.15) is 0 Å². The van der Waals surface area contributed by atoms with Crippen LogP contribution in [-0.2, 0) is 4.79 Å². The SMILES string of the molecule is NC(=O)/C(=C/c1ccc2c(c1)c1ccccc1n2-c1ccc(-c2ccc(-n3c4ccccc4c4ccccc43)cc2)cc1)SC=S. The lowest BCUT2D eigenvalue weighted by Gasteiger charge is -2.11. The van der Waals surface area contributed by atoms with Crippen molar-refractivity contribution in [3.63, 3.8) is 0 Å². The van der Waals surface area contributed by atoms with E-state index in [-0.39, 0.29) is 0 Å². The first kappa shape index (κ1) is 28.1. The lowest BCUT2D eigenvalue weighted by Crippen LogP contribution is -2.11. The van der Waals surface area contributed by atoms with Gasteiger partial charge in [0, 0.05) is 37.6 Å². The number of carbonyl (C=O) groups excluding carboxylic acids is 1. The first-order valence-corrected chi connectivity index (χ1v) is 16.3. The molecule has 0 saturated heterocycles. The molecule has 0 unspecified atom stereocenters. The maximum atomic E-state index is 11.9. The fourth-order valence-corrected chi connectivity index (χ4v) is 7.27. The van der Waals surface area contributed by atoms with Crippen molar-refractivity contribution in [2.45, 2.75) is 0 Å². The molecule has 0 radical (unpaired) electrons. The first-order valence-electron chi connectivity index (χ1n) is 15.0. The van der Waals surface area contributed by atoms with Gasteiger partial charge in [-0.05, 0) is 77.4 Å². The summed E-state index contributed by atoms with van der Waals surface area (Å²) in [7, 11) is 0. The largest absolute Gasteiger partial charge is 0.365 e. The number of nitrogens with two attached hydrogens (primary N) is 1. The zero-order valence-electron chi connectivity index (χ0n) is 24.6. The smallest absolute Gasteiger partial charge is 0.255 e. The topological polar surface area (TPSA) is 53.0 Å². The molecule has 0 aliphatic rings. The average molecular weight is 630 g/mol. The van der Waals surface area contributed by atoms with Gasteiger partial charge in [0.2, 0.25) is 0 Å². The molecule has 2 aromatic heterocycles. The van der Waals surface area contributed by atoms with Gasteiger partial charge in [-0.25, -0.2) is 0 Å². The summed E-state index contributed by atoms with van der Waals surface area (Å²) in [6.45, 7) is 0. The molecule has 0 fully saturated rings. The van der Waals surface area contributed by atoms with Crippen molar-refractivity contribution in [3.8, 4) is 22.5 Å². The van der Waals surface area contributed by atoms with Gasteiger partial charge in [-0.15, -0.1) is 0 Å². The molecule has 2 N–H and O–H groups in total. The summed E-state index contributed by atoms with van der Waals surface area (Å²) in [6, 6.07) is 49.3. The van der Waals surface area contributed by atoms with Crippen molar-refractivity contribution in [2.24, 2.45) is 5.73 Å². The van der Waals surface area contributed by atoms with Crippen LogP contribution in [0.4, 0.5) is 0 Å². The summed E-state index contributed by atoms with van der Waals surface area (Å²) in [5.74, 6) is -0.491. The second kappa shape index (κ2) is 11.5. The van der Waals surface area contributed by atoms with Crippen LogP contribution in [0.5, 0.6) is 0 Å². The van der Waals surface area contributed by atoms with E-state index in [4.69, 9.17) is 18.0 Å². The second-order valence-electron chi connectivity index (χ2n) is 11.2. The van der Waals surface area contributed by atoms with E-state index in [0.29, 0.717) is 4.91 Å². The lowest BCUT2D eigenvalue weighted by molar-refractivity contribution is -0.113. The predicted molar refractivity (Wildman–Crippen MR) is 199 cm³/mol. The molecule has 4 nitrogen and oxygen atoms in total. The summed E-state index contributed by atoms with van der Waals surface area (Å²) in [5.41, 5.74) is 15.6. The molecule has 220 valence electrons. The number of fused-ring (bicyclic) bond motifs is 6. The highest BCUT2D eigenvalue weighted by molar-refractivity contribution is 8.24. The summed E-state index contributed by atoms with van der Waals surface area (Å²) >= 11 is 6.10. The zero-order chi connectivity index (χ0) is 31.2. The Kier molecular flexibility index (Phi) is 7.01. The lowest BCUT2D eigenvalue weighted by atomic mass is 10.0.